The number of aromatic nitrogens is 2. The first-order valence-corrected chi connectivity index (χ1v) is 11.5. The topological polar surface area (TPSA) is 69.0 Å². The highest BCUT2D eigenvalue weighted by atomic mass is 16.5. The average molecular weight is 462 g/mol. The van der Waals surface area contributed by atoms with Gasteiger partial charge in [-0.1, -0.05) is 42.3 Å². The third kappa shape index (κ3) is 5.97. The number of benzene rings is 2. The van der Waals surface area contributed by atoms with Crippen molar-refractivity contribution in [2.45, 2.75) is 31.5 Å². The lowest BCUT2D eigenvalue weighted by molar-refractivity contribution is 0.0241. The Labute approximate surface area is 200 Å². The highest BCUT2D eigenvalue weighted by Gasteiger charge is 2.33. The molecule has 3 aromatic rings. The molecule has 1 aliphatic rings. The molecule has 0 aliphatic heterocycles. The quantitative estimate of drug-likeness (QED) is 0.326. The predicted molar refractivity (Wildman–Crippen MR) is 131 cm³/mol. The van der Waals surface area contributed by atoms with Crippen molar-refractivity contribution in [1.29, 1.82) is 0 Å². The van der Waals surface area contributed by atoms with Gasteiger partial charge in [-0.05, 0) is 25.0 Å². The van der Waals surface area contributed by atoms with Crippen molar-refractivity contribution in [3.63, 3.8) is 0 Å². The van der Waals surface area contributed by atoms with Crippen molar-refractivity contribution >= 4 is 0 Å². The number of nitrogens with zero attached hydrogens (tertiary/aromatic N) is 3. The second-order valence-electron chi connectivity index (χ2n) is 8.44. The Balaban J connectivity index is 1.64. The van der Waals surface area contributed by atoms with E-state index in [1.54, 1.807) is 11.8 Å². The molecule has 0 unspecified atom stereocenters. The average Bonchev–Trinajstić information content (AvgIpc) is 3.66. The molecular formula is C27H31N3O4. The van der Waals surface area contributed by atoms with E-state index in [0.29, 0.717) is 30.8 Å². The third-order valence-corrected chi connectivity index (χ3v) is 5.76. The van der Waals surface area contributed by atoms with Crippen LogP contribution < -0.4 is 9.47 Å². The number of terminal acetylenes is 1. The van der Waals surface area contributed by atoms with Crippen molar-refractivity contribution < 1.29 is 19.3 Å². The number of rotatable bonds is 12. The van der Waals surface area contributed by atoms with Crippen LogP contribution in [-0.4, -0.2) is 58.8 Å². The molecule has 7 nitrogen and oxygen atoms in total. The Morgan fingerprint density at radius 1 is 1.18 bits per heavy atom. The molecule has 2 aromatic carbocycles. The van der Waals surface area contributed by atoms with Crippen LogP contribution in [0.4, 0.5) is 0 Å². The van der Waals surface area contributed by atoms with Gasteiger partial charge in [0.05, 0.1) is 25.4 Å². The van der Waals surface area contributed by atoms with Crippen molar-refractivity contribution in [3.05, 3.63) is 60.2 Å². The first kappa shape index (κ1) is 23.8. The zero-order valence-electron chi connectivity index (χ0n) is 19.7. The number of aliphatic hydroxyl groups excluding tert-OH is 1. The summed E-state index contributed by atoms with van der Waals surface area (Å²) in [7, 11) is 3.52. The SMILES string of the molecule is C#CCOC[C@@H](O)CN(Cc1c(-c2ccccc2)nn(C)c1Oc1cccc(OC)c1)C1CC1. The number of methoxy groups -OCH3 is 1. The molecule has 0 saturated heterocycles. The van der Waals surface area contributed by atoms with E-state index in [2.05, 4.69) is 10.8 Å². The number of hydrogen-bond acceptors (Lipinski definition) is 6. The van der Waals surface area contributed by atoms with Gasteiger partial charge in [0.15, 0.2) is 0 Å². The Morgan fingerprint density at radius 2 is 1.94 bits per heavy atom. The summed E-state index contributed by atoms with van der Waals surface area (Å²) < 4.78 is 18.8. The fraction of sp³-hybridized carbons (Fsp3) is 0.370. The molecular weight excluding hydrogens is 430 g/mol. The second-order valence-corrected chi connectivity index (χ2v) is 8.44. The summed E-state index contributed by atoms with van der Waals surface area (Å²) in [6.45, 7) is 1.48. The van der Waals surface area contributed by atoms with Crippen LogP contribution in [0.5, 0.6) is 17.4 Å². The number of aryl methyl sites for hydroxylation is 1. The highest BCUT2D eigenvalue weighted by Crippen LogP contribution is 2.37. The van der Waals surface area contributed by atoms with Gasteiger partial charge < -0.3 is 19.3 Å². The zero-order valence-corrected chi connectivity index (χ0v) is 19.7. The molecule has 0 radical (unpaired) electrons. The first-order chi connectivity index (χ1) is 16.6. The van der Waals surface area contributed by atoms with E-state index < -0.39 is 6.10 Å². The molecule has 1 atom stereocenters. The summed E-state index contributed by atoms with van der Waals surface area (Å²) in [5, 5.41) is 15.4. The number of ether oxygens (including phenoxy) is 3. The Morgan fingerprint density at radius 3 is 2.65 bits per heavy atom. The van der Waals surface area contributed by atoms with E-state index >= 15 is 0 Å². The van der Waals surface area contributed by atoms with E-state index in [1.165, 1.54) is 0 Å². The maximum absolute atomic E-state index is 10.6. The fourth-order valence-electron chi connectivity index (χ4n) is 3.99. The maximum atomic E-state index is 10.6. The van der Waals surface area contributed by atoms with Gasteiger partial charge in [-0.15, -0.1) is 6.42 Å². The lowest BCUT2D eigenvalue weighted by Gasteiger charge is -2.25. The molecule has 1 fully saturated rings. The molecule has 1 heterocycles. The first-order valence-electron chi connectivity index (χ1n) is 11.5. The minimum absolute atomic E-state index is 0.194. The van der Waals surface area contributed by atoms with Crippen molar-refractivity contribution in [2.24, 2.45) is 7.05 Å². The summed E-state index contributed by atoms with van der Waals surface area (Å²) in [4.78, 5) is 2.28. The predicted octanol–water partition coefficient (Wildman–Crippen LogP) is 3.86. The molecule has 34 heavy (non-hydrogen) atoms. The van der Waals surface area contributed by atoms with Crippen LogP contribution >= 0.6 is 0 Å². The normalized spacial score (nSPS) is 14.1. The Hall–Kier alpha value is -3.31. The lowest BCUT2D eigenvalue weighted by Crippen LogP contribution is -2.36. The lowest BCUT2D eigenvalue weighted by atomic mass is 10.1. The number of hydrogen-bond donors (Lipinski definition) is 1. The van der Waals surface area contributed by atoms with Crippen molar-refractivity contribution in [2.75, 3.05) is 26.9 Å². The molecule has 1 saturated carbocycles. The molecule has 1 aliphatic carbocycles. The van der Waals surface area contributed by atoms with Gasteiger partial charge in [0.2, 0.25) is 5.88 Å². The Bertz CT molecular complexity index is 1120. The summed E-state index contributed by atoms with van der Waals surface area (Å²) in [6, 6.07) is 18.0. The molecule has 0 amide bonds. The standard InChI is InChI=1S/C27H31N3O4/c1-4-15-33-19-22(31)17-30(21-13-14-21)18-25-26(20-9-6-5-7-10-20)28-29(2)27(25)34-24-12-8-11-23(16-24)32-3/h1,5-12,16,21-22,31H,13-15,17-19H2,2-3H3/t22-/m0/s1. The van der Waals surface area contributed by atoms with Gasteiger partial charge in [0, 0.05) is 37.8 Å². The van der Waals surface area contributed by atoms with Gasteiger partial charge in [-0.25, -0.2) is 4.68 Å². The smallest absolute Gasteiger partial charge is 0.222 e. The van der Waals surface area contributed by atoms with Gasteiger partial charge >= 0.3 is 0 Å². The maximum Gasteiger partial charge on any atom is 0.222 e. The molecule has 0 spiro atoms. The van der Waals surface area contributed by atoms with Crippen LogP contribution in [0, 0.1) is 12.3 Å². The minimum atomic E-state index is -0.631. The van der Waals surface area contributed by atoms with Crippen molar-refractivity contribution in [1.82, 2.24) is 14.7 Å². The fourth-order valence-corrected chi connectivity index (χ4v) is 3.99. The van der Waals surface area contributed by atoms with E-state index in [1.807, 2.05) is 61.6 Å². The summed E-state index contributed by atoms with van der Waals surface area (Å²) in [5.74, 6) is 4.49. The molecule has 1 aromatic heterocycles. The van der Waals surface area contributed by atoms with Crippen LogP contribution in [0.15, 0.2) is 54.6 Å². The Kier molecular flexibility index (Phi) is 7.86. The van der Waals surface area contributed by atoms with Gasteiger partial charge in [-0.3, -0.25) is 4.90 Å². The van der Waals surface area contributed by atoms with Crippen molar-refractivity contribution in [3.8, 4) is 41.0 Å². The van der Waals surface area contributed by atoms with Gasteiger partial charge in [0.1, 0.15) is 23.8 Å². The van der Waals surface area contributed by atoms with Crippen LogP contribution in [0.3, 0.4) is 0 Å². The second kappa shape index (κ2) is 11.2. The monoisotopic (exact) mass is 461 g/mol. The van der Waals surface area contributed by atoms with Crippen LogP contribution in [0.2, 0.25) is 0 Å². The summed E-state index contributed by atoms with van der Waals surface area (Å²) >= 11 is 0. The summed E-state index contributed by atoms with van der Waals surface area (Å²) in [5.41, 5.74) is 2.85. The van der Waals surface area contributed by atoms with Crippen LogP contribution in [-0.2, 0) is 18.3 Å². The largest absolute Gasteiger partial charge is 0.497 e. The van der Waals surface area contributed by atoms with Crippen LogP contribution in [0.25, 0.3) is 11.3 Å². The number of aliphatic hydroxyl groups is 1. The van der Waals surface area contributed by atoms with Gasteiger partial charge in [0.25, 0.3) is 0 Å². The van der Waals surface area contributed by atoms with E-state index in [4.69, 9.17) is 25.7 Å². The molecule has 178 valence electrons. The van der Waals surface area contributed by atoms with Gasteiger partial charge in [-0.2, -0.15) is 5.10 Å². The summed E-state index contributed by atoms with van der Waals surface area (Å²) in [6.07, 6.45) is 6.82. The highest BCUT2D eigenvalue weighted by molar-refractivity contribution is 5.65. The molecule has 0 bridgehead atoms. The molecule has 1 N–H and O–H groups in total. The third-order valence-electron chi connectivity index (χ3n) is 5.76. The van der Waals surface area contributed by atoms with E-state index in [-0.39, 0.29) is 13.2 Å². The minimum Gasteiger partial charge on any atom is -0.497 e. The molecule has 7 heteroatoms. The van der Waals surface area contributed by atoms with Crippen LogP contribution in [0.1, 0.15) is 18.4 Å². The van der Waals surface area contributed by atoms with E-state index in [0.717, 1.165) is 35.4 Å². The zero-order chi connectivity index (χ0) is 23.9. The molecule has 4 rings (SSSR count). The van der Waals surface area contributed by atoms with E-state index in [9.17, 15) is 5.11 Å².